The lowest BCUT2D eigenvalue weighted by atomic mass is 9.98. The zero-order chi connectivity index (χ0) is 18.5. The lowest BCUT2D eigenvalue weighted by Gasteiger charge is -2.35. The van der Waals surface area contributed by atoms with Crippen LogP contribution in [0.2, 0.25) is 0 Å². The third-order valence-electron chi connectivity index (χ3n) is 5.66. The molecule has 160 valence electrons. The fourth-order valence-corrected chi connectivity index (χ4v) is 3.91. The highest BCUT2D eigenvalue weighted by Gasteiger charge is 2.30. The van der Waals surface area contributed by atoms with Gasteiger partial charge in [0.05, 0.1) is 7.11 Å². The molecule has 1 aliphatic carbocycles. The highest BCUT2D eigenvalue weighted by molar-refractivity contribution is 5.85. The van der Waals surface area contributed by atoms with Gasteiger partial charge in [0, 0.05) is 32.2 Å². The Morgan fingerprint density at radius 3 is 2.38 bits per heavy atom. The summed E-state index contributed by atoms with van der Waals surface area (Å²) in [5, 5.41) is 3.47. The number of piperazine rings is 1. The normalized spacial score (nSPS) is 17.6. The molecule has 1 heterocycles. The molecule has 29 heavy (non-hydrogen) atoms. The highest BCUT2D eigenvalue weighted by Crippen LogP contribution is 2.42. The molecule has 2 aromatic rings. The van der Waals surface area contributed by atoms with Crippen LogP contribution in [0.25, 0.3) is 0 Å². The zero-order valence-corrected chi connectivity index (χ0v) is 18.6. The molecule has 2 aromatic carbocycles. The number of nitrogens with one attached hydrogen (secondary N) is 1. The van der Waals surface area contributed by atoms with Gasteiger partial charge in [-0.2, -0.15) is 0 Å². The monoisotopic (exact) mass is 438 g/mol. The van der Waals surface area contributed by atoms with E-state index in [1.165, 1.54) is 24.8 Å². The van der Waals surface area contributed by atoms with Crippen LogP contribution >= 0.6 is 24.8 Å². The maximum Gasteiger partial charge on any atom is 0.161 e. The van der Waals surface area contributed by atoms with Gasteiger partial charge in [0.25, 0.3) is 0 Å². The Kier molecular flexibility index (Phi) is 9.57. The van der Waals surface area contributed by atoms with Crippen LogP contribution in [0.3, 0.4) is 0 Å². The Morgan fingerprint density at radius 1 is 1.00 bits per heavy atom. The van der Waals surface area contributed by atoms with E-state index in [-0.39, 0.29) is 24.8 Å². The molecule has 2 fully saturated rings. The number of nitrogens with zero attached hydrogens (tertiary/aromatic N) is 1. The topological polar surface area (TPSA) is 33.7 Å². The molecule has 6 heteroatoms. The summed E-state index contributed by atoms with van der Waals surface area (Å²) >= 11 is 0. The molecule has 1 saturated carbocycles. The third-order valence-corrected chi connectivity index (χ3v) is 5.66. The molecule has 0 amide bonds. The minimum Gasteiger partial charge on any atom is -0.493 e. The van der Waals surface area contributed by atoms with Crippen LogP contribution in [0.4, 0.5) is 0 Å². The van der Waals surface area contributed by atoms with Crippen LogP contribution in [-0.4, -0.2) is 38.2 Å². The van der Waals surface area contributed by atoms with Crippen molar-refractivity contribution in [1.82, 2.24) is 10.2 Å². The Bertz CT molecular complexity index is 735. The molecule has 1 saturated heterocycles. The van der Waals surface area contributed by atoms with Crippen LogP contribution in [0, 0.1) is 5.92 Å². The molecule has 0 radical (unpaired) electrons. The molecule has 1 atom stereocenters. The van der Waals surface area contributed by atoms with Crippen molar-refractivity contribution in [3.8, 4) is 11.5 Å². The lowest BCUT2D eigenvalue weighted by molar-refractivity contribution is 0.160. The number of hydrogen-bond donors (Lipinski definition) is 1. The zero-order valence-electron chi connectivity index (χ0n) is 17.0. The van der Waals surface area contributed by atoms with E-state index < -0.39 is 0 Å². The summed E-state index contributed by atoms with van der Waals surface area (Å²) in [5.74, 6) is 2.54. The number of ether oxygens (including phenoxy) is 2. The molecule has 0 spiro atoms. The smallest absolute Gasteiger partial charge is 0.161 e. The minimum atomic E-state index is 0. The van der Waals surface area contributed by atoms with Crippen molar-refractivity contribution in [2.45, 2.75) is 31.9 Å². The average Bonchev–Trinajstić information content (AvgIpc) is 3.56. The van der Waals surface area contributed by atoms with Crippen LogP contribution in [-0.2, 0) is 6.61 Å². The first-order valence-corrected chi connectivity index (χ1v) is 10.1. The van der Waals surface area contributed by atoms with Crippen molar-refractivity contribution in [2.75, 3.05) is 33.3 Å². The van der Waals surface area contributed by atoms with Gasteiger partial charge in [0.1, 0.15) is 6.61 Å². The molecule has 2 aliphatic rings. The Balaban J connectivity index is 0.00000150. The molecule has 1 aliphatic heterocycles. The van der Waals surface area contributed by atoms with Crippen molar-refractivity contribution in [2.24, 2.45) is 5.92 Å². The largest absolute Gasteiger partial charge is 0.493 e. The van der Waals surface area contributed by atoms with Gasteiger partial charge in [-0.05, 0) is 35.6 Å². The van der Waals surface area contributed by atoms with Gasteiger partial charge in [-0.15, -0.1) is 24.8 Å². The molecular weight excluding hydrogens is 407 g/mol. The predicted octanol–water partition coefficient (Wildman–Crippen LogP) is 4.86. The molecule has 0 aromatic heterocycles. The summed E-state index contributed by atoms with van der Waals surface area (Å²) < 4.78 is 11.7. The number of methoxy groups -OCH3 is 1. The quantitative estimate of drug-likeness (QED) is 0.637. The number of rotatable bonds is 8. The summed E-state index contributed by atoms with van der Waals surface area (Å²) in [6.07, 6.45) is 4.03. The Morgan fingerprint density at radius 2 is 1.72 bits per heavy atom. The average molecular weight is 439 g/mol. The van der Waals surface area contributed by atoms with E-state index in [4.69, 9.17) is 9.47 Å². The van der Waals surface area contributed by atoms with Crippen molar-refractivity contribution in [3.05, 3.63) is 59.7 Å². The Labute approximate surface area is 186 Å². The number of benzene rings is 2. The summed E-state index contributed by atoms with van der Waals surface area (Å²) in [4.78, 5) is 2.63. The van der Waals surface area contributed by atoms with Crippen LogP contribution in [0.5, 0.6) is 11.5 Å². The van der Waals surface area contributed by atoms with Gasteiger partial charge in [0.15, 0.2) is 11.5 Å². The summed E-state index contributed by atoms with van der Waals surface area (Å²) in [6, 6.07) is 17.2. The molecule has 1 N–H and O–H groups in total. The van der Waals surface area contributed by atoms with Gasteiger partial charge >= 0.3 is 0 Å². The van der Waals surface area contributed by atoms with Gasteiger partial charge in [0.2, 0.25) is 0 Å². The van der Waals surface area contributed by atoms with E-state index in [1.807, 2.05) is 18.2 Å². The molecule has 0 bridgehead atoms. The van der Waals surface area contributed by atoms with Gasteiger partial charge in [-0.3, -0.25) is 4.90 Å². The van der Waals surface area contributed by atoms with Crippen molar-refractivity contribution in [3.63, 3.8) is 0 Å². The van der Waals surface area contributed by atoms with Crippen LogP contribution < -0.4 is 14.8 Å². The first-order valence-electron chi connectivity index (χ1n) is 10.1. The van der Waals surface area contributed by atoms with Crippen LogP contribution in [0.1, 0.15) is 36.4 Å². The van der Waals surface area contributed by atoms with Crippen LogP contribution in [0.15, 0.2) is 48.5 Å². The summed E-state index contributed by atoms with van der Waals surface area (Å²) in [7, 11) is 1.73. The molecule has 0 unspecified atom stereocenters. The van der Waals surface area contributed by atoms with Crippen molar-refractivity contribution < 1.29 is 9.47 Å². The first-order chi connectivity index (χ1) is 13.3. The maximum atomic E-state index is 6.04. The predicted molar refractivity (Wildman–Crippen MR) is 123 cm³/mol. The number of hydrogen-bond acceptors (Lipinski definition) is 4. The lowest BCUT2D eigenvalue weighted by Crippen LogP contribution is -2.45. The maximum absolute atomic E-state index is 6.04. The fourth-order valence-electron chi connectivity index (χ4n) is 3.91. The van der Waals surface area contributed by atoms with Gasteiger partial charge < -0.3 is 14.8 Å². The summed E-state index contributed by atoms with van der Waals surface area (Å²) in [6.45, 7) is 4.95. The number of halogens is 2. The van der Waals surface area contributed by atoms with E-state index in [1.54, 1.807) is 7.11 Å². The van der Waals surface area contributed by atoms with E-state index in [0.717, 1.165) is 49.2 Å². The van der Waals surface area contributed by atoms with Gasteiger partial charge in [-0.1, -0.05) is 49.2 Å². The van der Waals surface area contributed by atoms with E-state index >= 15 is 0 Å². The second-order valence-corrected chi connectivity index (χ2v) is 7.67. The second-order valence-electron chi connectivity index (χ2n) is 7.67. The SMILES string of the molecule is COc1cc([C@@H](CC2CC2)N2CCNCC2)ccc1OCc1ccccc1.Cl.Cl. The minimum absolute atomic E-state index is 0. The van der Waals surface area contributed by atoms with E-state index in [0.29, 0.717) is 12.6 Å². The summed E-state index contributed by atoms with van der Waals surface area (Å²) in [5.41, 5.74) is 2.52. The molecule has 4 rings (SSSR count). The first kappa shape index (κ1) is 23.8. The standard InChI is InChI=1S/C23H30N2O2.2ClH/c1-26-23-16-20(9-10-22(23)27-17-19-5-3-2-4-6-19)21(15-18-7-8-18)25-13-11-24-12-14-25;;/h2-6,9-10,16,18,21,24H,7-8,11-15,17H2,1H3;2*1H/t21-;;/m1../s1. The molecular formula is C23H32Cl2N2O2. The van der Waals surface area contributed by atoms with Crippen molar-refractivity contribution >= 4 is 24.8 Å². The third kappa shape index (κ3) is 6.51. The van der Waals surface area contributed by atoms with E-state index in [9.17, 15) is 0 Å². The van der Waals surface area contributed by atoms with Gasteiger partial charge in [-0.25, -0.2) is 0 Å². The second kappa shape index (κ2) is 11.7. The molecule has 4 nitrogen and oxygen atoms in total. The van der Waals surface area contributed by atoms with Crippen molar-refractivity contribution in [1.29, 1.82) is 0 Å². The highest BCUT2D eigenvalue weighted by atomic mass is 35.5. The fraction of sp³-hybridized carbons (Fsp3) is 0.478. The van der Waals surface area contributed by atoms with E-state index in [2.05, 4.69) is 40.5 Å². The Hall–Kier alpha value is -1.46.